The summed E-state index contributed by atoms with van der Waals surface area (Å²) in [5.41, 5.74) is 0. The molecule has 1 fully saturated rings. The summed E-state index contributed by atoms with van der Waals surface area (Å²) in [4.78, 5) is 34.8. The van der Waals surface area contributed by atoms with Crippen LogP contribution in [0.4, 0.5) is 4.79 Å². The normalized spacial score (nSPS) is 21.3. The fourth-order valence-electron chi connectivity index (χ4n) is 1.47. The number of ether oxygens (including phenoxy) is 1. The fraction of sp³-hybridized carbons (Fsp3) is 0.667. The maximum Gasteiger partial charge on any atom is 0.316 e. The molecule has 15 heavy (non-hydrogen) atoms. The Morgan fingerprint density at radius 3 is 2.73 bits per heavy atom. The van der Waals surface area contributed by atoms with E-state index in [2.05, 4.69) is 0 Å². The van der Waals surface area contributed by atoms with Crippen LogP contribution in [0, 0.1) is 5.92 Å². The summed E-state index contributed by atoms with van der Waals surface area (Å²) in [6.45, 7) is 2.14. The molecule has 1 saturated heterocycles. The Hall–Kier alpha value is -1.10. The molecule has 1 rings (SSSR count). The molecule has 1 aliphatic rings. The van der Waals surface area contributed by atoms with Gasteiger partial charge in [-0.25, -0.2) is 0 Å². The van der Waals surface area contributed by atoms with Gasteiger partial charge < -0.3 is 9.64 Å². The summed E-state index contributed by atoms with van der Waals surface area (Å²) in [6, 6.07) is 0. The molecule has 0 aliphatic carbocycles. The van der Waals surface area contributed by atoms with E-state index in [1.807, 2.05) is 0 Å². The Kier molecular flexibility index (Phi) is 4.08. The van der Waals surface area contributed by atoms with E-state index < -0.39 is 17.3 Å². The average Bonchev–Trinajstić information content (AvgIpc) is 2.17. The van der Waals surface area contributed by atoms with E-state index in [0.29, 0.717) is 6.54 Å². The lowest BCUT2D eigenvalue weighted by molar-refractivity contribution is -0.153. The molecular weight excluding hydrogens is 222 g/mol. The third-order valence-electron chi connectivity index (χ3n) is 2.24. The van der Waals surface area contributed by atoms with Crippen LogP contribution < -0.4 is 0 Å². The van der Waals surface area contributed by atoms with Crippen molar-refractivity contribution in [2.24, 2.45) is 5.92 Å². The second-order valence-corrected chi connectivity index (χ2v) is 3.56. The lowest BCUT2D eigenvalue weighted by atomic mass is 9.96. The first-order valence-electron chi connectivity index (χ1n) is 4.70. The Bertz CT molecular complexity index is 292. The number of carbonyl (C=O) groups is 3. The lowest BCUT2D eigenvalue weighted by Gasteiger charge is -2.27. The van der Waals surface area contributed by atoms with E-state index in [-0.39, 0.29) is 25.4 Å². The predicted octanol–water partition coefficient (Wildman–Crippen LogP) is 0.799. The van der Waals surface area contributed by atoms with Crippen molar-refractivity contribution in [3.63, 3.8) is 0 Å². The number of piperidine rings is 1. The molecule has 0 aromatic heterocycles. The van der Waals surface area contributed by atoms with E-state index >= 15 is 0 Å². The number of carbonyl (C=O) groups excluding carboxylic acids is 3. The zero-order valence-corrected chi connectivity index (χ0v) is 9.12. The van der Waals surface area contributed by atoms with Crippen molar-refractivity contribution in [1.29, 1.82) is 0 Å². The van der Waals surface area contributed by atoms with Crippen molar-refractivity contribution in [3.05, 3.63) is 0 Å². The van der Waals surface area contributed by atoms with Crippen molar-refractivity contribution in [1.82, 2.24) is 4.90 Å². The van der Waals surface area contributed by atoms with Crippen LogP contribution in [-0.4, -0.2) is 41.7 Å². The van der Waals surface area contributed by atoms with Crippen molar-refractivity contribution in [3.8, 4) is 0 Å². The predicted molar refractivity (Wildman–Crippen MR) is 52.6 cm³/mol. The molecule has 1 unspecified atom stereocenters. The van der Waals surface area contributed by atoms with E-state index in [9.17, 15) is 14.4 Å². The van der Waals surface area contributed by atoms with Crippen molar-refractivity contribution < 1.29 is 19.1 Å². The molecule has 1 heterocycles. The van der Waals surface area contributed by atoms with Crippen LogP contribution >= 0.6 is 11.6 Å². The van der Waals surface area contributed by atoms with E-state index in [0.717, 1.165) is 0 Å². The van der Waals surface area contributed by atoms with Gasteiger partial charge in [0.25, 0.3) is 0 Å². The Morgan fingerprint density at radius 2 is 2.27 bits per heavy atom. The highest BCUT2D eigenvalue weighted by Crippen LogP contribution is 2.16. The van der Waals surface area contributed by atoms with Crippen LogP contribution in [0.1, 0.15) is 13.3 Å². The monoisotopic (exact) mass is 233 g/mol. The Labute approximate surface area is 92.3 Å². The minimum absolute atomic E-state index is 0.105. The number of Topliss-reactive ketones (excluding diaryl/α,β-unsaturated/α-hetero) is 1. The molecule has 0 aromatic rings. The number of nitrogens with zero attached hydrogens (tertiary/aromatic N) is 1. The highest BCUT2D eigenvalue weighted by molar-refractivity contribution is 6.62. The topological polar surface area (TPSA) is 63.7 Å². The Balaban J connectivity index is 2.56. The van der Waals surface area contributed by atoms with Crippen LogP contribution in [-0.2, 0) is 14.3 Å². The van der Waals surface area contributed by atoms with Gasteiger partial charge in [0.15, 0.2) is 5.78 Å². The summed E-state index contributed by atoms with van der Waals surface area (Å²) in [7, 11) is 0. The molecule has 1 aliphatic heterocycles. The molecule has 0 N–H and O–H groups in total. The summed E-state index contributed by atoms with van der Waals surface area (Å²) in [5.74, 6) is -1.56. The number of likely N-dealkylation sites (tertiary alicyclic amines) is 1. The molecule has 1 amide bonds. The molecule has 0 spiro atoms. The third kappa shape index (κ3) is 2.92. The van der Waals surface area contributed by atoms with Gasteiger partial charge in [-0.05, 0) is 24.9 Å². The van der Waals surface area contributed by atoms with Gasteiger partial charge in [-0.2, -0.15) is 0 Å². The van der Waals surface area contributed by atoms with Crippen molar-refractivity contribution >= 4 is 28.7 Å². The van der Waals surface area contributed by atoms with Gasteiger partial charge in [0.2, 0.25) is 0 Å². The van der Waals surface area contributed by atoms with Crippen LogP contribution in [0.5, 0.6) is 0 Å². The molecule has 5 nitrogen and oxygen atoms in total. The second kappa shape index (κ2) is 5.11. The number of hydrogen-bond acceptors (Lipinski definition) is 4. The van der Waals surface area contributed by atoms with E-state index in [1.54, 1.807) is 6.92 Å². The standard InChI is InChI=1S/C9H12ClNO4/c1-2-15-8(13)6-3-4-11(9(10)14)5-7(6)12/h6H,2-5H2,1H3. The largest absolute Gasteiger partial charge is 0.465 e. The minimum atomic E-state index is -0.739. The molecule has 0 saturated carbocycles. The minimum Gasteiger partial charge on any atom is -0.465 e. The quantitative estimate of drug-likeness (QED) is 0.306. The maximum absolute atomic E-state index is 11.5. The highest BCUT2D eigenvalue weighted by Gasteiger charge is 2.34. The number of esters is 1. The third-order valence-corrected chi connectivity index (χ3v) is 2.48. The van der Waals surface area contributed by atoms with Crippen LogP contribution in [0.15, 0.2) is 0 Å². The van der Waals surface area contributed by atoms with Crippen LogP contribution in [0.2, 0.25) is 0 Å². The second-order valence-electron chi connectivity index (χ2n) is 3.23. The first kappa shape index (κ1) is 12.0. The van der Waals surface area contributed by atoms with Gasteiger partial charge in [-0.15, -0.1) is 0 Å². The average molecular weight is 234 g/mol. The number of halogens is 1. The van der Waals surface area contributed by atoms with E-state index in [4.69, 9.17) is 16.3 Å². The first-order chi connectivity index (χ1) is 7.06. The number of ketones is 1. The van der Waals surface area contributed by atoms with Gasteiger partial charge >= 0.3 is 11.3 Å². The number of amides is 1. The summed E-state index contributed by atoms with van der Waals surface area (Å²) < 4.78 is 4.75. The van der Waals surface area contributed by atoms with Gasteiger partial charge in [-0.3, -0.25) is 14.4 Å². The first-order valence-corrected chi connectivity index (χ1v) is 5.07. The van der Waals surface area contributed by atoms with Crippen LogP contribution in [0.3, 0.4) is 0 Å². The molecular formula is C9H12ClNO4. The highest BCUT2D eigenvalue weighted by atomic mass is 35.5. The molecule has 1 atom stereocenters. The lowest BCUT2D eigenvalue weighted by Crippen LogP contribution is -2.45. The summed E-state index contributed by atoms with van der Waals surface area (Å²) >= 11 is 5.23. The van der Waals surface area contributed by atoms with Gasteiger partial charge in [-0.1, -0.05) is 0 Å². The van der Waals surface area contributed by atoms with Gasteiger partial charge in [0, 0.05) is 6.54 Å². The molecule has 0 aromatic carbocycles. The SMILES string of the molecule is CCOC(=O)C1CCN(C(=O)Cl)CC1=O. The fourth-order valence-corrected chi connectivity index (χ4v) is 1.61. The zero-order chi connectivity index (χ0) is 11.4. The van der Waals surface area contributed by atoms with Gasteiger partial charge in [0.05, 0.1) is 13.2 Å². The van der Waals surface area contributed by atoms with Crippen molar-refractivity contribution in [2.75, 3.05) is 19.7 Å². The molecule has 6 heteroatoms. The molecule has 84 valence electrons. The number of hydrogen-bond donors (Lipinski definition) is 0. The Morgan fingerprint density at radius 1 is 1.60 bits per heavy atom. The summed E-state index contributed by atoms with van der Waals surface area (Å²) in [5, 5.41) is -0.661. The molecule has 0 bridgehead atoms. The van der Waals surface area contributed by atoms with Gasteiger partial charge in [0.1, 0.15) is 5.92 Å². The molecule has 0 radical (unpaired) electrons. The van der Waals surface area contributed by atoms with E-state index in [1.165, 1.54) is 4.90 Å². The zero-order valence-electron chi connectivity index (χ0n) is 8.36. The smallest absolute Gasteiger partial charge is 0.316 e. The number of rotatable bonds is 2. The van der Waals surface area contributed by atoms with Crippen LogP contribution in [0.25, 0.3) is 0 Å². The summed E-state index contributed by atoms with van der Waals surface area (Å²) in [6.07, 6.45) is 0.288. The maximum atomic E-state index is 11.5. The van der Waals surface area contributed by atoms with Crippen molar-refractivity contribution in [2.45, 2.75) is 13.3 Å².